The van der Waals surface area contributed by atoms with Crippen molar-refractivity contribution in [3.63, 3.8) is 0 Å². The molecule has 1 aromatic carbocycles. The Hall–Kier alpha value is -1.22. The first-order valence-electron chi connectivity index (χ1n) is 9.66. The number of hydrogen-bond donors (Lipinski definition) is 2. The van der Waals surface area contributed by atoms with E-state index in [4.69, 9.17) is 14.2 Å². The quantitative estimate of drug-likeness (QED) is 0.203. The van der Waals surface area contributed by atoms with Gasteiger partial charge in [-0.05, 0) is 56.7 Å². The van der Waals surface area contributed by atoms with E-state index in [1.165, 1.54) is 12.8 Å². The largest absolute Gasteiger partial charge is 0.493 e. The van der Waals surface area contributed by atoms with E-state index in [0.29, 0.717) is 13.2 Å². The van der Waals surface area contributed by atoms with Gasteiger partial charge in [0.1, 0.15) is 0 Å². The third kappa shape index (κ3) is 9.51. The molecule has 1 fully saturated rings. The first kappa shape index (κ1) is 23.8. The maximum Gasteiger partial charge on any atom is 0.191 e. The van der Waals surface area contributed by atoms with Crippen LogP contribution in [0.25, 0.3) is 0 Å². The van der Waals surface area contributed by atoms with E-state index in [-0.39, 0.29) is 24.0 Å². The second-order valence-corrected chi connectivity index (χ2v) is 6.41. The van der Waals surface area contributed by atoms with Crippen molar-refractivity contribution < 1.29 is 14.2 Å². The van der Waals surface area contributed by atoms with E-state index in [2.05, 4.69) is 22.5 Å². The molecule has 7 heteroatoms. The first-order valence-corrected chi connectivity index (χ1v) is 9.66. The standard InChI is InChI=1S/C20H33N3O3.HI/c1-4-21-20(22-11-6-12-25-15-16-7-8-16)23-14-17-9-10-18(24-3)19(13-17)26-5-2;/h9-10,13,16H,4-8,11-12,14-15H2,1-3H3,(H2,21,22,23);1H. The molecule has 1 aromatic rings. The van der Waals surface area contributed by atoms with Gasteiger partial charge in [0, 0.05) is 26.3 Å². The number of guanidine groups is 1. The molecular weight excluding hydrogens is 457 g/mol. The van der Waals surface area contributed by atoms with Crippen LogP contribution in [-0.4, -0.2) is 46.0 Å². The topological polar surface area (TPSA) is 64.1 Å². The molecule has 2 rings (SSSR count). The van der Waals surface area contributed by atoms with E-state index in [1.54, 1.807) is 7.11 Å². The van der Waals surface area contributed by atoms with Crippen molar-refractivity contribution in [2.45, 2.75) is 39.7 Å². The minimum atomic E-state index is 0. The Kier molecular flexibility index (Phi) is 12.2. The Bertz CT molecular complexity index is 565. The number of ether oxygens (including phenoxy) is 3. The maximum atomic E-state index is 5.66. The van der Waals surface area contributed by atoms with Crippen molar-refractivity contribution in [3.8, 4) is 11.5 Å². The fourth-order valence-corrected chi connectivity index (χ4v) is 2.52. The van der Waals surface area contributed by atoms with Gasteiger partial charge in [-0.2, -0.15) is 0 Å². The summed E-state index contributed by atoms with van der Waals surface area (Å²) in [6.07, 6.45) is 3.66. The molecule has 0 radical (unpaired) electrons. The lowest BCUT2D eigenvalue weighted by Gasteiger charge is -2.13. The van der Waals surface area contributed by atoms with Crippen molar-refractivity contribution in [1.82, 2.24) is 10.6 Å². The zero-order valence-electron chi connectivity index (χ0n) is 16.8. The minimum Gasteiger partial charge on any atom is -0.493 e. The fourth-order valence-electron chi connectivity index (χ4n) is 2.52. The molecular formula is C20H34IN3O3. The fraction of sp³-hybridized carbons (Fsp3) is 0.650. The average molecular weight is 491 g/mol. The number of rotatable bonds is 12. The van der Waals surface area contributed by atoms with E-state index in [1.807, 2.05) is 25.1 Å². The SMILES string of the molecule is CCNC(=NCc1ccc(OC)c(OCC)c1)NCCCOCC1CC1.I. The second-order valence-electron chi connectivity index (χ2n) is 6.41. The smallest absolute Gasteiger partial charge is 0.191 e. The molecule has 0 unspecified atom stereocenters. The number of aliphatic imine (C=N–C) groups is 1. The lowest BCUT2D eigenvalue weighted by Crippen LogP contribution is -2.38. The molecule has 0 bridgehead atoms. The summed E-state index contributed by atoms with van der Waals surface area (Å²) in [6, 6.07) is 5.93. The summed E-state index contributed by atoms with van der Waals surface area (Å²) in [5, 5.41) is 6.64. The number of nitrogens with zero attached hydrogens (tertiary/aromatic N) is 1. The number of benzene rings is 1. The predicted molar refractivity (Wildman–Crippen MR) is 121 cm³/mol. The zero-order valence-corrected chi connectivity index (χ0v) is 19.1. The Balaban J connectivity index is 0.00000364. The van der Waals surface area contributed by atoms with Gasteiger partial charge in [0.2, 0.25) is 0 Å². The summed E-state index contributed by atoms with van der Waals surface area (Å²) >= 11 is 0. The summed E-state index contributed by atoms with van der Waals surface area (Å²) in [6.45, 7) is 8.63. The lowest BCUT2D eigenvalue weighted by molar-refractivity contribution is 0.123. The van der Waals surface area contributed by atoms with Crippen LogP contribution in [0.3, 0.4) is 0 Å². The van der Waals surface area contributed by atoms with Crippen molar-refractivity contribution >= 4 is 29.9 Å². The van der Waals surface area contributed by atoms with Gasteiger partial charge in [-0.3, -0.25) is 0 Å². The van der Waals surface area contributed by atoms with Gasteiger partial charge in [0.15, 0.2) is 17.5 Å². The Morgan fingerprint density at radius 3 is 2.67 bits per heavy atom. The molecule has 0 aliphatic heterocycles. The van der Waals surface area contributed by atoms with Crippen LogP contribution in [0.2, 0.25) is 0 Å². The summed E-state index contributed by atoms with van der Waals surface area (Å²) in [5.74, 6) is 3.15. The van der Waals surface area contributed by atoms with Crippen molar-refractivity contribution in [1.29, 1.82) is 0 Å². The molecule has 0 spiro atoms. The molecule has 0 heterocycles. The highest BCUT2D eigenvalue weighted by Gasteiger charge is 2.20. The summed E-state index contributed by atoms with van der Waals surface area (Å²) in [4.78, 5) is 4.65. The molecule has 1 aliphatic rings. The third-order valence-corrected chi connectivity index (χ3v) is 4.10. The molecule has 0 aromatic heterocycles. The van der Waals surface area contributed by atoms with E-state index >= 15 is 0 Å². The highest BCUT2D eigenvalue weighted by atomic mass is 127. The van der Waals surface area contributed by atoms with Gasteiger partial charge >= 0.3 is 0 Å². The van der Waals surface area contributed by atoms with E-state index in [0.717, 1.165) is 61.7 Å². The van der Waals surface area contributed by atoms with Crippen LogP contribution in [-0.2, 0) is 11.3 Å². The molecule has 1 saturated carbocycles. The zero-order chi connectivity index (χ0) is 18.6. The number of hydrogen-bond acceptors (Lipinski definition) is 4. The van der Waals surface area contributed by atoms with Crippen molar-refractivity contribution in [2.24, 2.45) is 10.9 Å². The normalized spacial score (nSPS) is 13.7. The molecule has 0 saturated heterocycles. The van der Waals surface area contributed by atoms with Gasteiger partial charge in [0.25, 0.3) is 0 Å². The number of methoxy groups -OCH3 is 1. The van der Waals surface area contributed by atoms with Gasteiger partial charge in [-0.15, -0.1) is 24.0 Å². The molecule has 0 atom stereocenters. The third-order valence-electron chi connectivity index (χ3n) is 4.10. The molecule has 27 heavy (non-hydrogen) atoms. The maximum absolute atomic E-state index is 5.66. The monoisotopic (exact) mass is 491 g/mol. The first-order chi connectivity index (χ1) is 12.8. The Morgan fingerprint density at radius 1 is 1.19 bits per heavy atom. The van der Waals surface area contributed by atoms with Crippen molar-refractivity contribution in [2.75, 3.05) is 40.0 Å². The van der Waals surface area contributed by atoms with E-state index < -0.39 is 0 Å². The van der Waals surface area contributed by atoms with Crippen molar-refractivity contribution in [3.05, 3.63) is 23.8 Å². The lowest BCUT2D eigenvalue weighted by atomic mass is 10.2. The van der Waals surface area contributed by atoms with E-state index in [9.17, 15) is 0 Å². The predicted octanol–water partition coefficient (Wildman–Crippen LogP) is 3.58. The van der Waals surface area contributed by atoms with Gasteiger partial charge in [0.05, 0.1) is 20.3 Å². The minimum absolute atomic E-state index is 0. The Morgan fingerprint density at radius 2 is 2.00 bits per heavy atom. The van der Waals surface area contributed by atoms with Crippen LogP contribution < -0.4 is 20.1 Å². The van der Waals surface area contributed by atoms with Crippen LogP contribution in [0.1, 0.15) is 38.7 Å². The summed E-state index contributed by atoms with van der Waals surface area (Å²) < 4.78 is 16.6. The summed E-state index contributed by atoms with van der Waals surface area (Å²) in [5.41, 5.74) is 1.08. The van der Waals surface area contributed by atoms with Gasteiger partial charge in [-0.1, -0.05) is 6.07 Å². The summed E-state index contributed by atoms with van der Waals surface area (Å²) in [7, 11) is 1.65. The molecule has 0 amide bonds. The molecule has 2 N–H and O–H groups in total. The van der Waals surface area contributed by atoms with Gasteiger partial charge < -0.3 is 24.8 Å². The van der Waals surface area contributed by atoms with Crippen LogP contribution in [0.4, 0.5) is 0 Å². The van der Waals surface area contributed by atoms with Crippen LogP contribution >= 0.6 is 24.0 Å². The van der Waals surface area contributed by atoms with Crippen LogP contribution in [0.5, 0.6) is 11.5 Å². The van der Waals surface area contributed by atoms with Gasteiger partial charge in [-0.25, -0.2) is 4.99 Å². The molecule has 1 aliphatic carbocycles. The number of nitrogens with one attached hydrogen (secondary N) is 2. The number of halogens is 1. The Labute approximate surface area is 180 Å². The average Bonchev–Trinajstić information content (AvgIpc) is 3.47. The highest BCUT2D eigenvalue weighted by Crippen LogP contribution is 2.29. The molecule has 6 nitrogen and oxygen atoms in total. The molecule has 154 valence electrons. The van der Waals surface area contributed by atoms with Crippen LogP contribution in [0, 0.1) is 5.92 Å². The van der Waals surface area contributed by atoms with Crippen LogP contribution in [0.15, 0.2) is 23.2 Å². The second kappa shape index (κ2) is 13.9. The highest BCUT2D eigenvalue weighted by molar-refractivity contribution is 14.0.